The summed E-state index contributed by atoms with van der Waals surface area (Å²) in [5.74, 6) is -0.286. The molecule has 1 aromatic carbocycles. The van der Waals surface area contributed by atoms with Gasteiger partial charge in [0, 0.05) is 40.3 Å². The highest BCUT2D eigenvalue weighted by atomic mass is 19.1. The fourth-order valence-electron chi connectivity index (χ4n) is 4.03. The summed E-state index contributed by atoms with van der Waals surface area (Å²) < 4.78 is 22.7. The number of rotatable bonds is 5. The zero-order chi connectivity index (χ0) is 23.0. The van der Waals surface area contributed by atoms with E-state index in [0.717, 1.165) is 4.57 Å². The van der Waals surface area contributed by atoms with Gasteiger partial charge in [-0.1, -0.05) is 12.1 Å². The maximum Gasteiger partial charge on any atom is 0.332 e. The van der Waals surface area contributed by atoms with Crippen LogP contribution >= 0.6 is 0 Å². The van der Waals surface area contributed by atoms with E-state index >= 15 is 0 Å². The second-order valence-corrected chi connectivity index (χ2v) is 7.78. The molecule has 0 N–H and O–H groups in total. The molecule has 0 spiro atoms. The summed E-state index contributed by atoms with van der Waals surface area (Å²) in [5.41, 5.74) is -0.0315. The van der Waals surface area contributed by atoms with E-state index in [1.807, 2.05) is 11.0 Å². The lowest BCUT2D eigenvalue weighted by atomic mass is 10.2. The Bertz CT molecular complexity index is 1290. The molecular weight excluding hydrogens is 419 g/mol. The number of methoxy groups -OCH3 is 1. The van der Waals surface area contributed by atoms with Crippen molar-refractivity contribution in [3.8, 4) is 0 Å². The Balaban J connectivity index is 1.64. The van der Waals surface area contributed by atoms with E-state index in [-0.39, 0.29) is 23.5 Å². The number of ether oxygens (including phenoxy) is 1. The van der Waals surface area contributed by atoms with Crippen molar-refractivity contribution in [2.45, 2.75) is 13.1 Å². The minimum absolute atomic E-state index is 0.181. The van der Waals surface area contributed by atoms with Crippen molar-refractivity contribution in [2.75, 3.05) is 38.2 Å². The summed E-state index contributed by atoms with van der Waals surface area (Å²) in [6, 6.07) is 6.68. The van der Waals surface area contributed by atoms with Crippen LogP contribution < -0.4 is 16.1 Å². The first-order chi connectivity index (χ1) is 15.3. The zero-order valence-electron chi connectivity index (χ0n) is 18.2. The maximum atomic E-state index is 14.1. The average molecular weight is 444 g/mol. The van der Waals surface area contributed by atoms with Gasteiger partial charge in [-0.05, 0) is 12.1 Å². The number of anilines is 1. The molecule has 0 bridgehead atoms. The Morgan fingerprint density at radius 3 is 2.44 bits per heavy atom. The average Bonchev–Trinajstić information content (AvgIpc) is 3.15. The molecule has 0 atom stereocenters. The number of para-hydroxylation sites is 1. The van der Waals surface area contributed by atoms with Crippen LogP contribution in [0.5, 0.6) is 0 Å². The molecule has 1 fully saturated rings. The predicted octanol–water partition coefficient (Wildman–Crippen LogP) is 0.0680. The molecule has 0 unspecified atom stereocenters. The Hall–Kier alpha value is -3.47. The fraction of sp³-hybridized carbons (Fsp3) is 0.429. The standard InChI is InChI=1S/C21H25FN6O4/c1-24-19-18(20(30)25(2)21(24)31)28(13-17(29)32-3)16(23-19)12-26-8-10-27(11-9-26)15-7-5-4-6-14(15)22/h4-7H,8-13H2,1-3H3. The van der Waals surface area contributed by atoms with Crippen molar-refractivity contribution >= 4 is 22.8 Å². The molecule has 11 heteroatoms. The number of nitrogens with zero attached hydrogens (tertiary/aromatic N) is 6. The van der Waals surface area contributed by atoms with Crippen LogP contribution in [0.3, 0.4) is 0 Å². The van der Waals surface area contributed by atoms with Crippen molar-refractivity contribution in [1.82, 2.24) is 23.6 Å². The summed E-state index contributed by atoms with van der Waals surface area (Å²) in [5, 5.41) is 0. The number of piperazine rings is 1. The van der Waals surface area contributed by atoms with E-state index in [2.05, 4.69) is 9.88 Å². The van der Waals surface area contributed by atoms with Gasteiger partial charge in [0.05, 0.1) is 19.3 Å². The van der Waals surface area contributed by atoms with Crippen LogP contribution in [0.15, 0.2) is 33.9 Å². The number of aryl methyl sites for hydroxylation is 1. The van der Waals surface area contributed by atoms with Crippen molar-refractivity contribution in [2.24, 2.45) is 14.1 Å². The Morgan fingerprint density at radius 2 is 1.78 bits per heavy atom. The van der Waals surface area contributed by atoms with Gasteiger partial charge in [-0.2, -0.15) is 0 Å². The third-order valence-corrected chi connectivity index (χ3v) is 5.87. The molecule has 1 saturated heterocycles. The van der Waals surface area contributed by atoms with Gasteiger partial charge in [0.1, 0.15) is 18.2 Å². The molecule has 2 aromatic heterocycles. The van der Waals surface area contributed by atoms with Gasteiger partial charge in [-0.15, -0.1) is 0 Å². The van der Waals surface area contributed by atoms with Gasteiger partial charge in [-0.3, -0.25) is 23.6 Å². The van der Waals surface area contributed by atoms with Crippen LogP contribution in [0.2, 0.25) is 0 Å². The Labute approximate surface area is 183 Å². The lowest BCUT2D eigenvalue weighted by Crippen LogP contribution is -2.46. The lowest BCUT2D eigenvalue weighted by molar-refractivity contribution is -0.141. The monoisotopic (exact) mass is 444 g/mol. The first kappa shape index (κ1) is 21.8. The van der Waals surface area contributed by atoms with Gasteiger partial charge >= 0.3 is 11.7 Å². The summed E-state index contributed by atoms with van der Waals surface area (Å²) in [4.78, 5) is 45.8. The Kier molecular flexibility index (Phi) is 5.83. The van der Waals surface area contributed by atoms with Crippen LogP contribution in [-0.4, -0.2) is 62.8 Å². The summed E-state index contributed by atoms with van der Waals surface area (Å²) in [6.07, 6.45) is 0. The second-order valence-electron chi connectivity index (χ2n) is 7.78. The van der Waals surface area contributed by atoms with E-state index in [4.69, 9.17) is 4.74 Å². The van der Waals surface area contributed by atoms with E-state index in [0.29, 0.717) is 44.2 Å². The van der Waals surface area contributed by atoms with Crippen LogP contribution in [0.4, 0.5) is 10.1 Å². The minimum atomic E-state index is -0.522. The number of esters is 1. The molecule has 3 aromatic rings. The lowest BCUT2D eigenvalue weighted by Gasteiger charge is -2.36. The van der Waals surface area contributed by atoms with Gasteiger partial charge in [-0.25, -0.2) is 14.2 Å². The molecule has 10 nitrogen and oxygen atoms in total. The molecule has 170 valence electrons. The highest BCUT2D eigenvalue weighted by molar-refractivity contribution is 5.75. The molecule has 32 heavy (non-hydrogen) atoms. The number of fused-ring (bicyclic) bond motifs is 1. The number of hydrogen-bond donors (Lipinski definition) is 0. The normalized spacial score (nSPS) is 14.8. The first-order valence-electron chi connectivity index (χ1n) is 10.3. The number of hydrogen-bond acceptors (Lipinski definition) is 7. The van der Waals surface area contributed by atoms with Gasteiger partial charge in [0.25, 0.3) is 5.56 Å². The third kappa shape index (κ3) is 3.79. The minimum Gasteiger partial charge on any atom is -0.468 e. The predicted molar refractivity (Wildman–Crippen MR) is 116 cm³/mol. The molecule has 0 amide bonds. The largest absolute Gasteiger partial charge is 0.468 e. The van der Waals surface area contributed by atoms with Gasteiger partial charge in [0.2, 0.25) is 0 Å². The molecule has 4 rings (SSSR count). The van der Waals surface area contributed by atoms with Crippen molar-refractivity contribution in [3.05, 3.63) is 56.7 Å². The highest BCUT2D eigenvalue weighted by Gasteiger charge is 2.25. The van der Waals surface area contributed by atoms with Crippen molar-refractivity contribution < 1.29 is 13.9 Å². The summed E-state index contributed by atoms with van der Waals surface area (Å²) in [7, 11) is 4.20. The van der Waals surface area contributed by atoms with E-state index in [1.165, 1.54) is 36.4 Å². The maximum absolute atomic E-state index is 14.1. The number of benzene rings is 1. The molecular formula is C21H25FN6O4. The van der Waals surface area contributed by atoms with Crippen LogP contribution in [-0.2, 0) is 36.7 Å². The summed E-state index contributed by atoms with van der Waals surface area (Å²) in [6.45, 7) is 2.72. The van der Waals surface area contributed by atoms with Gasteiger partial charge in [0.15, 0.2) is 11.2 Å². The SMILES string of the molecule is COC(=O)Cn1c(CN2CCN(c3ccccc3F)CC2)nc2c1c(=O)n(C)c(=O)n2C. The zero-order valence-corrected chi connectivity index (χ0v) is 18.2. The first-order valence-corrected chi connectivity index (χ1v) is 10.3. The second kappa shape index (κ2) is 8.58. The molecule has 1 aliphatic rings. The van der Waals surface area contributed by atoms with Crippen LogP contribution in [0, 0.1) is 5.82 Å². The Morgan fingerprint density at radius 1 is 1.09 bits per heavy atom. The molecule has 0 radical (unpaired) electrons. The molecule has 0 saturated carbocycles. The third-order valence-electron chi connectivity index (χ3n) is 5.87. The van der Waals surface area contributed by atoms with E-state index in [1.54, 1.807) is 12.1 Å². The quantitative estimate of drug-likeness (QED) is 0.514. The van der Waals surface area contributed by atoms with E-state index in [9.17, 15) is 18.8 Å². The fourth-order valence-corrected chi connectivity index (χ4v) is 4.03. The van der Waals surface area contributed by atoms with Crippen LogP contribution in [0.25, 0.3) is 11.2 Å². The molecule has 1 aliphatic heterocycles. The number of carbonyl (C=O) groups is 1. The topological polar surface area (TPSA) is 94.6 Å². The number of imidazole rings is 1. The number of carbonyl (C=O) groups excluding carboxylic acids is 1. The smallest absolute Gasteiger partial charge is 0.332 e. The summed E-state index contributed by atoms with van der Waals surface area (Å²) >= 11 is 0. The van der Waals surface area contributed by atoms with Gasteiger partial charge < -0.3 is 14.2 Å². The molecule has 0 aliphatic carbocycles. The number of aromatic nitrogens is 4. The van der Waals surface area contributed by atoms with Crippen molar-refractivity contribution in [1.29, 1.82) is 0 Å². The van der Waals surface area contributed by atoms with Crippen LogP contribution in [0.1, 0.15) is 5.82 Å². The molecule has 3 heterocycles. The number of halogens is 1. The van der Waals surface area contributed by atoms with E-state index < -0.39 is 17.2 Å². The highest BCUT2D eigenvalue weighted by Crippen LogP contribution is 2.21. The van der Waals surface area contributed by atoms with Crippen molar-refractivity contribution in [3.63, 3.8) is 0 Å².